The van der Waals surface area contributed by atoms with E-state index in [1.165, 1.54) is 17.4 Å². The minimum Gasteiger partial charge on any atom is -0.379 e. The Morgan fingerprint density at radius 3 is 2.71 bits per heavy atom. The average molecular weight is 545 g/mol. The maximum atomic E-state index is 12.2. The van der Waals surface area contributed by atoms with E-state index in [1.807, 2.05) is 0 Å². The van der Waals surface area contributed by atoms with Gasteiger partial charge in [-0.25, -0.2) is 9.78 Å². The first-order valence-corrected chi connectivity index (χ1v) is 13.4. The van der Waals surface area contributed by atoms with Crippen molar-refractivity contribution >= 4 is 66.0 Å². The lowest BCUT2D eigenvalue weighted by atomic mass is 10.1. The average Bonchev–Trinajstić information content (AvgIpc) is 3.18. The fourth-order valence-corrected chi connectivity index (χ4v) is 6.22. The number of rotatable bonds is 7. The molecule has 4 rings (SSSR count). The fourth-order valence-electron chi connectivity index (χ4n) is 3.61. The summed E-state index contributed by atoms with van der Waals surface area (Å²) in [5, 5.41) is 5.67. The van der Waals surface area contributed by atoms with Gasteiger partial charge < -0.3 is 10.1 Å². The molecule has 3 N–H and O–H groups in total. The second-order valence-corrected chi connectivity index (χ2v) is 10.8. The predicted octanol–water partition coefficient (Wildman–Crippen LogP) is 4.36. The third-order valence-electron chi connectivity index (χ3n) is 5.27. The van der Waals surface area contributed by atoms with Gasteiger partial charge in [-0.3, -0.25) is 14.8 Å². The first kappa shape index (κ1) is 25.1. The van der Waals surface area contributed by atoms with Crippen LogP contribution in [0.3, 0.4) is 0 Å². The molecule has 182 valence electrons. The molecule has 2 heterocycles. The highest BCUT2D eigenvalue weighted by atomic mass is 35.5. The van der Waals surface area contributed by atoms with Crippen LogP contribution in [-0.2, 0) is 14.9 Å². The van der Waals surface area contributed by atoms with Crippen LogP contribution in [0.2, 0.25) is 10.0 Å². The van der Waals surface area contributed by atoms with Crippen molar-refractivity contribution in [1.29, 1.82) is 0 Å². The quantitative estimate of drug-likeness (QED) is 0.298. The van der Waals surface area contributed by atoms with Gasteiger partial charge in [0.05, 0.1) is 33.5 Å². The minimum atomic E-state index is -4.60. The van der Waals surface area contributed by atoms with E-state index in [1.54, 1.807) is 24.3 Å². The van der Waals surface area contributed by atoms with Crippen molar-refractivity contribution in [3.05, 3.63) is 40.4 Å². The first-order chi connectivity index (χ1) is 16.2. The molecule has 3 aromatic rings. The second-order valence-electron chi connectivity index (χ2n) is 7.60. The number of carbonyl (C=O) groups is 1. The molecule has 0 radical (unpaired) electrons. The number of aromatic nitrogens is 1. The molecule has 1 aromatic heterocycles. The molecule has 1 aliphatic rings. The van der Waals surface area contributed by atoms with E-state index in [-0.39, 0.29) is 16.1 Å². The molecule has 34 heavy (non-hydrogen) atoms. The Hall–Kier alpha value is -1.99. The van der Waals surface area contributed by atoms with E-state index < -0.39 is 15.0 Å². The second kappa shape index (κ2) is 10.7. The van der Waals surface area contributed by atoms with Gasteiger partial charge in [0, 0.05) is 25.2 Å². The zero-order chi connectivity index (χ0) is 24.3. The van der Waals surface area contributed by atoms with E-state index >= 15 is 0 Å². The van der Waals surface area contributed by atoms with Crippen molar-refractivity contribution in [2.45, 2.75) is 11.3 Å². The van der Waals surface area contributed by atoms with Crippen LogP contribution in [0, 0.1) is 0 Å². The molecule has 1 fully saturated rings. The Morgan fingerprint density at radius 1 is 1.21 bits per heavy atom. The van der Waals surface area contributed by atoms with Crippen LogP contribution >= 0.6 is 34.5 Å². The monoisotopic (exact) mass is 544 g/mol. The molecule has 9 nitrogen and oxygen atoms in total. The Kier molecular flexibility index (Phi) is 7.93. The number of hydrogen-bond donors (Lipinski definition) is 3. The van der Waals surface area contributed by atoms with Crippen molar-refractivity contribution in [3.8, 4) is 11.1 Å². The number of ether oxygens (including phenoxy) is 1. The van der Waals surface area contributed by atoms with Crippen LogP contribution in [0.15, 0.2) is 35.2 Å². The Morgan fingerprint density at radius 2 is 1.97 bits per heavy atom. The number of halogens is 2. The molecule has 2 aromatic carbocycles. The third kappa shape index (κ3) is 5.98. The number of amides is 2. The summed E-state index contributed by atoms with van der Waals surface area (Å²) in [4.78, 5) is 18.4. The smallest absolute Gasteiger partial charge is 0.321 e. The Labute approximate surface area is 210 Å². The van der Waals surface area contributed by atoms with E-state index in [4.69, 9.17) is 27.9 Å². The van der Waals surface area contributed by atoms with Gasteiger partial charge >= 0.3 is 6.03 Å². The predicted molar refractivity (Wildman–Crippen MR) is 134 cm³/mol. The normalized spacial score (nSPS) is 14.9. The number of morpholine rings is 1. The topological polar surface area (TPSA) is 121 Å². The number of nitrogens with zero attached hydrogens (tertiary/aromatic N) is 2. The number of hydrogen-bond acceptors (Lipinski definition) is 7. The molecule has 0 spiro atoms. The van der Waals surface area contributed by atoms with Crippen LogP contribution in [0.25, 0.3) is 21.3 Å². The van der Waals surface area contributed by atoms with Gasteiger partial charge in [-0.2, -0.15) is 8.42 Å². The molecule has 13 heteroatoms. The van der Waals surface area contributed by atoms with Gasteiger partial charge in [-0.05, 0) is 36.7 Å². The van der Waals surface area contributed by atoms with Gasteiger partial charge in [-0.1, -0.05) is 46.7 Å². The number of nitrogens with one attached hydrogen (secondary N) is 2. The largest absolute Gasteiger partial charge is 0.379 e. The highest BCUT2D eigenvalue weighted by molar-refractivity contribution is 7.86. The lowest BCUT2D eigenvalue weighted by Crippen LogP contribution is -2.38. The molecule has 0 bridgehead atoms. The van der Waals surface area contributed by atoms with Gasteiger partial charge in [0.2, 0.25) is 0 Å². The number of carbonyl (C=O) groups excluding carboxylic acids is 1. The highest BCUT2D eigenvalue weighted by Gasteiger charge is 2.22. The SMILES string of the molecule is O=C(NCCCN1CCOCC1)Nc1nc2ccc(-c3ccc(Cl)c(S(=O)(=O)O)c3Cl)cc2s1. The number of fused-ring (bicyclic) bond motifs is 1. The van der Waals surface area contributed by atoms with Crippen LogP contribution in [0.1, 0.15) is 6.42 Å². The van der Waals surface area contributed by atoms with Gasteiger partial charge in [0.25, 0.3) is 10.1 Å². The van der Waals surface area contributed by atoms with E-state index in [0.29, 0.717) is 28.3 Å². The van der Waals surface area contributed by atoms with Crippen LogP contribution in [0.4, 0.5) is 9.93 Å². The molecule has 0 atom stereocenters. The zero-order valence-electron chi connectivity index (χ0n) is 17.9. The first-order valence-electron chi connectivity index (χ1n) is 10.4. The Bertz CT molecular complexity index is 1310. The molecule has 0 unspecified atom stereocenters. The Balaban J connectivity index is 1.42. The summed E-state index contributed by atoms with van der Waals surface area (Å²) in [5.41, 5.74) is 1.67. The maximum Gasteiger partial charge on any atom is 0.321 e. The number of benzene rings is 2. The van der Waals surface area contributed by atoms with Crippen molar-refractivity contribution in [2.75, 3.05) is 44.7 Å². The van der Waals surface area contributed by atoms with Crippen molar-refractivity contribution in [3.63, 3.8) is 0 Å². The van der Waals surface area contributed by atoms with E-state index in [0.717, 1.165) is 44.0 Å². The van der Waals surface area contributed by atoms with Crippen LogP contribution in [-0.4, -0.2) is 68.3 Å². The minimum absolute atomic E-state index is 0.169. The number of thiazole rings is 1. The maximum absolute atomic E-state index is 12.2. The highest BCUT2D eigenvalue weighted by Crippen LogP contribution is 2.39. The van der Waals surface area contributed by atoms with Crippen LogP contribution in [0.5, 0.6) is 0 Å². The third-order valence-corrected chi connectivity index (χ3v) is 8.07. The van der Waals surface area contributed by atoms with Crippen molar-refractivity contribution in [1.82, 2.24) is 15.2 Å². The molecular weight excluding hydrogens is 523 g/mol. The zero-order valence-corrected chi connectivity index (χ0v) is 21.0. The lowest BCUT2D eigenvalue weighted by Gasteiger charge is -2.26. The summed E-state index contributed by atoms with van der Waals surface area (Å²) in [7, 11) is -4.60. The van der Waals surface area contributed by atoms with Crippen molar-refractivity contribution in [2.24, 2.45) is 0 Å². The fraction of sp³-hybridized carbons (Fsp3) is 0.333. The molecule has 1 saturated heterocycles. The molecule has 0 saturated carbocycles. The van der Waals surface area contributed by atoms with E-state index in [9.17, 15) is 17.8 Å². The summed E-state index contributed by atoms with van der Waals surface area (Å²) >= 11 is 13.5. The number of anilines is 1. The van der Waals surface area contributed by atoms with Gasteiger partial charge in [-0.15, -0.1) is 0 Å². The summed E-state index contributed by atoms with van der Waals surface area (Å²) < 4.78 is 38.9. The van der Waals surface area contributed by atoms with Gasteiger partial charge in [0.1, 0.15) is 4.90 Å². The number of urea groups is 1. The summed E-state index contributed by atoms with van der Waals surface area (Å²) in [5.74, 6) is 0. The lowest BCUT2D eigenvalue weighted by molar-refractivity contribution is 0.0375. The van der Waals surface area contributed by atoms with E-state index in [2.05, 4.69) is 20.5 Å². The molecule has 1 aliphatic heterocycles. The van der Waals surface area contributed by atoms with Crippen LogP contribution < -0.4 is 10.6 Å². The summed E-state index contributed by atoms with van der Waals surface area (Å²) in [6.45, 7) is 4.78. The molecular formula is C21H22Cl2N4O5S2. The molecule has 0 aliphatic carbocycles. The summed E-state index contributed by atoms with van der Waals surface area (Å²) in [6.07, 6.45) is 0.837. The van der Waals surface area contributed by atoms with Crippen molar-refractivity contribution < 1.29 is 22.5 Å². The molecule has 2 amide bonds. The summed E-state index contributed by atoms with van der Waals surface area (Å²) in [6, 6.07) is 7.84. The standard InChI is InChI=1S/C21H22Cl2N4O5S2/c22-15-4-3-14(18(23)19(15)34(29,30)31)13-2-5-16-17(12-13)33-21(25-16)26-20(28)24-6-1-7-27-8-10-32-11-9-27/h2-5,12H,1,6-11H2,(H,29,30,31)(H2,24,25,26,28). The van der Waals surface area contributed by atoms with Gasteiger partial charge in [0.15, 0.2) is 5.13 Å².